The number of rotatable bonds is 1. The van der Waals surface area contributed by atoms with E-state index >= 15 is 0 Å². The molecule has 1 aliphatic rings. The zero-order chi connectivity index (χ0) is 13.7. The molecule has 0 bridgehead atoms. The Balaban J connectivity index is 2.46. The van der Waals surface area contributed by atoms with Crippen molar-refractivity contribution in [1.29, 1.82) is 0 Å². The van der Waals surface area contributed by atoms with E-state index in [1.165, 1.54) is 0 Å². The standard InChI is InChI=1S/C13H22N4O/c1-8-9(7-16(5)15-8)12-10(14)6-11(18)17(12)13(2,3)4/h7,10,12H,6,14H2,1-5H3. The molecule has 18 heavy (non-hydrogen) atoms. The van der Waals surface area contributed by atoms with E-state index in [2.05, 4.69) is 5.10 Å². The second-order valence-electron chi connectivity index (χ2n) is 6.09. The van der Waals surface area contributed by atoms with Gasteiger partial charge in [0, 0.05) is 36.8 Å². The third-order valence-electron chi connectivity index (χ3n) is 3.46. The Hall–Kier alpha value is -1.36. The smallest absolute Gasteiger partial charge is 0.225 e. The van der Waals surface area contributed by atoms with Gasteiger partial charge in [-0.2, -0.15) is 5.10 Å². The summed E-state index contributed by atoms with van der Waals surface area (Å²) in [5.41, 5.74) is 7.95. The highest BCUT2D eigenvalue weighted by molar-refractivity contribution is 5.81. The van der Waals surface area contributed by atoms with Crippen LogP contribution in [0.15, 0.2) is 6.20 Å². The van der Waals surface area contributed by atoms with Crippen LogP contribution in [0.1, 0.15) is 44.5 Å². The summed E-state index contributed by atoms with van der Waals surface area (Å²) in [6, 6.07) is -0.217. The lowest BCUT2D eigenvalue weighted by Gasteiger charge is -2.38. The molecule has 2 unspecified atom stereocenters. The maximum absolute atomic E-state index is 12.2. The van der Waals surface area contributed by atoms with E-state index in [0.717, 1.165) is 11.3 Å². The fourth-order valence-electron chi connectivity index (χ4n) is 2.83. The van der Waals surface area contributed by atoms with E-state index in [1.54, 1.807) is 4.68 Å². The Morgan fingerprint density at radius 2 is 2.06 bits per heavy atom. The Morgan fingerprint density at radius 1 is 1.44 bits per heavy atom. The van der Waals surface area contributed by atoms with E-state index in [1.807, 2.05) is 45.8 Å². The number of aryl methyl sites for hydroxylation is 2. The van der Waals surface area contributed by atoms with Crippen molar-refractivity contribution in [3.63, 3.8) is 0 Å². The molecule has 0 radical (unpaired) electrons. The summed E-state index contributed by atoms with van der Waals surface area (Å²) >= 11 is 0. The summed E-state index contributed by atoms with van der Waals surface area (Å²) in [6.07, 6.45) is 2.38. The maximum atomic E-state index is 12.2. The first-order chi connectivity index (χ1) is 8.21. The summed E-state index contributed by atoms with van der Waals surface area (Å²) in [5, 5.41) is 4.35. The van der Waals surface area contributed by atoms with E-state index in [-0.39, 0.29) is 23.5 Å². The van der Waals surface area contributed by atoms with Crippen molar-refractivity contribution < 1.29 is 4.79 Å². The molecule has 0 saturated carbocycles. The van der Waals surface area contributed by atoms with Crippen molar-refractivity contribution in [2.75, 3.05) is 0 Å². The number of carbonyl (C=O) groups excluding carboxylic acids is 1. The van der Waals surface area contributed by atoms with Gasteiger partial charge in [0.1, 0.15) is 0 Å². The Kier molecular flexibility index (Phi) is 2.97. The van der Waals surface area contributed by atoms with Gasteiger partial charge in [0.15, 0.2) is 0 Å². The number of nitrogens with two attached hydrogens (primary N) is 1. The van der Waals surface area contributed by atoms with Gasteiger partial charge in [0.25, 0.3) is 0 Å². The van der Waals surface area contributed by atoms with Gasteiger partial charge in [-0.15, -0.1) is 0 Å². The van der Waals surface area contributed by atoms with Gasteiger partial charge in [-0.05, 0) is 27.7 Å². The number of likely N-dealkylation sites (tertiary alicyclic amines) is 1. The van der Waals surface area contributed by atoms with E-state index in [4.69, 9.17) is 5.73 Å². The van der Waals surface area contributed by atoms with Crippen LogP contribution in [-0.4, -0.2) is 32.2 Å². The highest BCUT2D eigenvalue weighted by atomic mass is 16.2. The van der Waals surface area contributed by atoms with Crippen LogP contribution in [0.4, 0.5) is 0 Å². The molecule has 1 aromatic rings. The first-order valence-electron chi connectivity index (χ1n) is 6.29. The fraction of sp³-hybridized carbons (Fsp3) is 0.692. The average molecular weight is 250 g/mol. The number of amides is 1. The number of hydrogen-bond acceptors (Lipinski definition) is 3. The van der Waals surface area contributed by atoms with Crippen LogP contribution in [0.3, 0.4) is 0 Å². The van der Waals surface area contributed by atoms with Crippen LogP contribution in [-0.2, 0) is 11.8 Å². The molecule has 5 heteroatoms. The minimum Gasteiger partial charge on any atom is -0.329 e. The summed E-state index contributed by atoms with van der Waals surface area (Å²) in [4.78, 5) is 14.1. The molecule has 100 valence electrons. The van der Waals surface area contributed by atoms with Crippen LogP contribution < -0.4 is 5.73 Å². The number of nitrogens with zero attached hydrogens (tertiary/aromatic N) is 3. The van der Waals surface area contributed by atoms with Crippen molar-refractivity contribution in [2.24, 2.45) is 12.8 Å². The van der Waals surface area contributed by atoms with Crippen molar-refractivity contribution in [1.82, 2.24) is 14.7 Å². The molecular formula is C13H22N4O. The maximum Gasteiger partial charge on any atom is 0.225 e. The molecule has 2 heterocycles. The largest absolute Gasteiger partial charge is 0.329 e. The minimum absolute atomic E-state index is 0.0637. The lowest BCUT2D eigenvalue weighted by Crippen LogP contribution is -2.45. The molecule has 0 aliphatic carbocycles. The molecule has 0 aromatic carbocycles. The van der Waals surface area contributed by atoms with E-state index in [0.29, 0.717) is 6.42 Å². The number of aromatic nitrogens is 2. The van der Waals surface area contributed by atoms with E-state index < -0.39 is 0 Å². The van der Waals surface area contributed by atoms with Gasteiger partial charge in [-0.3, -0.25) is 9.48 Å². The quantitative estimate of drug-likeness (QED) is 0.812. The molecule has 0 spiro atoms. The predicted molar refractivity (Wildman–Crippen MR) is 69.9 cm³/mol. The fourth-order valence-corrected chi connectivity index (χ4v) is 2.83. The van der Waals surface area contributed by atoms with Gasteiger partial charge in [0.2, 0.25) is 5.91 Å². The highest BCUT2D eigenvalue weighted by Crippen LogP contribution is 2.38. The average Bonchev–Trinajstić information content (AvgIpc) is 2.65. The third kappa shape index (κ3) is 2.03. The molecule has 2 N–H and O–H groups in total. The van der Waals surface area contributed by atoms with Crippen LogP contribution in [0.5, 0.6) is 0 Å². The number of hydrogen-bond donors (Lipinski definition) is 1. The summed E-state index contributed by atoms with van der Waals surface area (Å²) in [6.45, 7) is 8.09. The molecule has 2 rings (SSSR count). The van der Waals surface area contributed by atoms with Crippen LogP contribution in [0, 0.1) is 6.92 Å². The molecule has 1 aromatic heterocycles. The Bertz CT molecular complexity index is 472. The molecule has 1 aliphatic heterocycles. The third-order valence-corrected chi connectivity index (χ3v) is 3.46. The van der Waals surface area contributed by atoms with Crippen LogP contribution in [0.25, 0.3) is 0 Å². The monoisotopic (exact) mass is 250 g/mol. The van der Waals surface area contributed by atoms with Gasteiger partial charge in [0.05, 0.1) is 11.7 Å². The SMILES string of the molecule is Cc1nn(C)cc1C1C(N)CC(=O)N1C(C)(C)C. The lowest BCUT2D eigenvalue weighted by atomic mass is 9.97. The van der Waals surface area contributed by atoms with Crippen molar-refractivity contribution in [2.45, 2.75) is 51.7 Å². The zero-order valence-corrected chi connectivity index (χ0v) is 11.8. The van der Waals surface area contributed by atoms with E-state index in [9.17, 15) is 4.79 Å². The predicted octanol–water partition coefficient (Wildman–Crippen LogP) is 1.13. The highest BCUT2D eigenvalue weighted by Gasteiger charge is 2.44. The second kappa shape index (κ2) is 4.09. The Labute approximate surface area is 108 Å². The topological polar surface area (TPSA) is 64.2 Å². The lowest BCUT2D eigenvalue weighted by molar-refractivity contribution is -0.133. The summed E-state index contributed by atoms with van der Waals surface area (Å²) < 4.78 is 1.78. The molecular weight excluding hydrogens is 228 g/mol. The zero-order valence-electron chi connectivity index (χ0n) is 11.8. The summed E-state index contributed by atoms with van der Waals surface area (Å²) in [7, 11) is 1.89. The Morgan fingerprint density at radius 3 is 2.50 bits per heavy atom. The van der Waals surface area contributed by atoms with Gasteiger partial charge < -0.3 is 10.6 Å². The first kappa shape index (κ1) is 13.1. The van der Waals surface area contributed by atoms with Gasteiger partial charge in [-0.25, -0.2) is 0 Å². The van der Waals surface area contributed by atoms with Gasteiger partial charge in [-0.1, -0.05) is 0 Å². The minimum atomic E-state index is -0.224. The van der Waals surface area contributed by atoms with Crippen molar-refractivity contribution in [3.8, 4) is 0 Å². The normalized spacial score (nSPS) is 25.0. The second-order valence-corrected chi connectivity index (χ2v) is 6.09. The summed E-state index contributed by atoms with van der Waals surface area (Å²) in [5.74, 6) is 0.128. The molecule has 1 saturated heterocycles. The number of carbonyl (C=O) groups is 1. The molecule has 1 fully saturated rings. The van der Waals surface area contributed by atoms with Crippen LogP contribution >= 0.6 is 0 Å². The van der Waals surface area contributed by atoms with Crippen molar-refractivity contribution in [3.05, 3.63) is 17.5 Å². The molecule has 1 amide bonds. The van der Waals surface area contributed by atoms with Crippen molar-refractivity contribution >= 4 is 5.91 Å². The van der Waals surface area contributed by atoms with Gasteiger partial charge >= 0.3 is 0 Å². The first-order valence-corrected chi connectivity index (χ1v) is 6.29. The van der Waals surface area contributed by atoms with Crippen LogP contribution in [0.2, 0.25) is 0 Å². The molecule has 2 atom stereocenters. The molecule has 5 nitrogen and oxygen atoms in total.